The van der Waals surface area contributed by atoms with Gasteiger partial charge in [-0.3, -0.25) is 4.68 Å². The summed E-state index contributed by atoms with van der Waals surface area (Å²) in [6.45, 7) is 1.96. The molecule has 1 spiro atoms. The molecular weight excluding hydrogens is 403 g/mol. The number of halogens is 1. The average Bonchev–Trinajstić information content (AvgIpc) is 3.43. The first-order valence-electron chi connectivity index (χ1n) is 9.77. The second-order valence-electron chi connectivity index (χ2n) is 7.73. The number of rotatable bonds is 0. The molecule has 31 heavy (non-hydrogen) atoms. The van der Waals surface area contributed by atoms with Gasteiger partial charge in [-0.15, -0.1) is 5.10 Å². The fourth-order valence-corrected chi connectivity index (χ4v) is 3.56. The smallest absolute Gasteiger partial charge is 0.258 e. The van der Waals surface area contributed by atoms with Gasteiger partial charge in [-0.25, -0.2) is 14.4 Å². The minimum atomic E-state index is -0.626. The molecule has 9 nitrogen and oxygen atoms in total. The SMILES string of the molecule is C[C@H]1Oc2nc(cnc2N)-c2c(nn(C)c2C#N)OCC2(CC2)Oc2ccc(F)cc21. The first-order chi connectivity index (χ1) is 14.9. The van der Waals surface area contributed by atoms with Gasteiger partial charge >= 0.3 is 0 Å². The van der Waals surface area contributed by atoms with Crippen molar-refractivity contribution >= 4 is 5.82 Å². The number of nitrogens with two attached hydrogens (primary N) is 1. The maximum atomic E-state index is 14.0. The number of fused-ring (bicyclic) bond motifs is 5. The van der Waals surface area contributed by atoms with E-state index in [1.54, 1.807) is 20.0 Å². The lowest BCUT2D eigenvalue weighted by atomic mass is 10.1. The first-order valence-corrected chi connectivity index (χ1v) is 9.77. The maximum Gasteiger partial charge on any atom is 0.258 e. The molecule has 1 aromatic carbocycles. The van der Waals surface area contributed by atoms with Crippen LogP contribution in [-0.4, -0.2) is 32.0 Å². The van der Waals surface area contributed by atoms with Crippen molar-refractivity contribution in [3.63, 3.8) is 0 Å². The summed E-state index contributed by atoms with van der Waals surface area (Å²) in [5.41, 5.74) is 6.93. The number of aromatic nitrogens is 4. The van der Waals surface area contributed by atoms with E-state index in [0.29, 0.717) is 22.6 Å². The third-order valence-corrected chi connectivity index (χ3v) is 5.45. The molecule has 3 aromatic rings. The summed E-state index contributed by atoms with van der Waals surface area (Å²) in [6, 6.07) is 6.41. The summed E-state index contributed by atoms with van der Waals surface area (Å²) in [7, 11) is 1.65. The van der Waals surface area contributed by atoms with E-state index >= 15 is 0 Å². The van der Waals surface area contributed by atoms with E-state index in [2.05, 4.69) is 21.1 Å². The Morgan fingerprint density at radius 1 is 1.32 bits per heavy atom. The molecule has 1 atom stereocenters. The van der Waals surface area contributed by atoms with Gasteiger partial charge in [0.05, 0.1) is 6.20 Å². The molecule has 3 heterocycles. The van der Waals surface area contributed by atoms with Crippen LogP contribution in [0.25, 0.3) is 11.3 Å². The van der Waals surface area contributed by atoms with E-state index < -0.39 is 17.5 Å². The number of ether oxygens (including phenoxy) is 3. The van der Waals surface area contributed by atoms with Crippen LogP contribution < -0.4 is 19.9 Å². The van der Waals surface area contributed by atoms with Gasteiger partial charge in [0.2, 0.25) is 5.88 Å². The molecule has 1 aliphatic carbocycles. The van der Waals surface area contributed by atoms with E-state index in [1.165, 1.54) is 23.0 Å². The molecule has 2 aliphatic rings. The Morgan fingerprint density at radius 3 is 2.87 bits per heavy atom. The highest BCUT2D eigenvalue weighted by Crippen LogP contribution is 2.44. The molecule has 0 radical (unpaired) electrons. The summed E-state index contributed by atoms with van der Waals surface area (Å²) < 4.78 is 33.7. The van der Waals surface area contributed by atoms with Crippen LogP contribution in [0.2, 0.25) is 0 Å². The third kappa shape index (κ3) is 3.28. The molecule has 0 amide bonds. The van der Waals surface area contributed by atoms with Crippen LogP contribution in [0, 0.1) is 17.1 Å². The van der Waals surface area contributed by atoms with E-state index in [1.807, 2.05) is 0 Å². The maximum absolute atomic E-state index is 14.0. The standard InChI is InChI=1S/C21H19FN6O3/c1-11-13-7-12(22)3-4-16(13)31-21(5-6-21)10-29-19-17(15(8-23)28(2)27-19)14-9-25-18(24)20(26-14)30-11/h3-4,7,9,11H,5-6,10H2,1-2H3,(H2,24,25)/t11-/m1/s1. The number of hydrogen-bond acceptors (Lipinski definition) is 8. The van der Waals surface area contributed by atoms with Gasteiger partial charge in [0.15, 0.2) is 11.5 Å². The number of aryl methyl sites for hydroxylation is 1. The zero-order valence-corrected chi connectivity index (χ0v) is 16.9. The Kier molecular flexibility index (Phi) is 4.22. The zero-order valence-electron chi connectivity index (χ0n) is 16.9. The van der Waals surface area contributed by atoms with Crippen LogP contribution >= 0.6 is 0 Å². The summed E-state index contributed by atoms with van der Waals surface area (Å²) in [5, 5.41) is 14.0. The van der Waals surface area contributed by atoms with Crippen molar-refractivity contribution in [2.75, 3.05) is 12.3 Å². The lowest BCUT2D eigenvalue weighted by Gasteiger charge is -2.23. The van der Waals surface area contributed by atoms with Gasteiger partial charge in [0.25, 0.3) is 5.88 Å². The van der Waals surface area contributed by atoms with Crippen LogP contribution in [0.4, 0.5) is 10.2 Å². The highest BCUT2D eigenvalue weighted by Gasteiger charge is 2.47. The predicted molar refractivity (Wildman–Crippen MR) is 107 cm³/mol. The molecule has 5 rings (SSSR count). The minimum absolute atomic E-state index is 0.0549. The number of benzene rings is 1. The van der Waals surface area contributed by atoms with Crippen molar-refractivity contribution in [3.8, 4) is 34.8 Å². The quantitative estimate of drug-likeness (QED) is 0.587. The Labute approximate surface area is 177 Å². The largest absolute Gasteiger partial charge is 0.483 e. The highest BCUT2D eigenvalue weighted by atomic mass is 19.1. The second-order valence-corrected chi connectivity index (χ2v) is 7.73. The Hall–Kier alpha value is -3.87. The van der Waals surface area contributed by atoms with E-state index in [0.717, 1.165) is 12.8 Å². The summed E-state index contributed by atoms with van der Waals surface area (Å²) in [4.78, 5) is 8.64. The molecule has 2 aromatic heterocycles. The first kappa shape index (κ1) is 19.1. The van der Waals surface area contributed by atoms with Gasteiger partial charge in [0, 0.05) is 12.6 Å². The number of nitriles is 1. The second kappa shape index (κ2) is 6.84. The van der Waals surface area contributed by atoms with E-state index in [4.69, 9.17) is 19.9 Å². The molecule has 1 fully saturated rings. The van der Waals surface area contributed by atoms with Crippen molar-refractivity contribution in [1.82, 2.24) is 19.7 Å². The van der Waals surface area contributed by atoms with Crippen molar-refractivity contribution < 1.29 is 18.6 Å². The normalized spacial score (nSPS) is 18.6. The molecule has 1 aliphatic heterocycles. The Bertz CT molecular complexity index is 1230. The van der Waals surface area contributed by atoms with Gasteiger partial charge < -0.3 is 19.9 Å². The molecule has 1 saturated carbocycles. The molecule has 2 N–H and O–H groups in total. The zero-order chi connectivity index (χ0) is 21.8. The molecule has 0 saturated heterocycles. The third-order valence-electron chi connectivity index (χ3n) is 5.45. The van der Waals surface area contributed by atoms with Crippen LogP contribution in [0.15, 0.2) is 24.4 Å². The monoisotopic (exact) mass is 422 g/mol. The number of hydrogen-bond donors (Lipinski definition) is 1. The molecule has 158 valence electrons. The topological polar surface area (TPSA) is 121 Å². The van der Waals surface area contributed by atoms with Crippen LogP contribution in [0.1, 0.15) is 37.1 Å². The highest BCUT2D eigenvalue weighted by molar-refractivity contribution is 5.71. The number of anilines is 1. The van der Waals surface area contributed by atoms with Gasteiger partial charge in [0.1, 0.15) is 47.2 Å². The number of nitrogen functional groups attached to an aromatic ring is 1. The minimum Gasteiger partial charge on any atom is -0.483 e. The predicted octanol–water partition coefficient (Wildman–Crippen LogP) is 2.91. The van der Waals surface area contributed by atoms with Crippen molar-refractivity contribution in [1.29, 1.82) is 5.26 Å². The van der Waals surface area contributed by atoms with Crippen LogP contribution in [0.3, 0.4) is 0 Å². The fraction of sp³-hybridized carbons (Fsp3) is 0.333. The van der Waals surface area contributed by atoms with E-state index in [-0.39, 0.29) is 29.9 Å². The van der Waals surface area contributed by atoms with Crippen molar-refractivity contribution in [3.05, 3.63) is 41.5 Å². The van der Waals surface area contributed by atoms with E-state index in [9.17, 15) is 9.65 Å². The van der Waals surface area contributed by atoms with Crippen LogP contribution in [0.5, 0.6) is 17.5 Å². The fourth-order valence-electron chi connectivity index (χ4n) is 3.56. The molecular formula is C21H19FN6O3. The number of nitrogens with zero attached hydrogens (tertiary/aromatic N) is 5. The Morgan fingerprint density at radius 2 is 2.13 bits per heavy atom. The molecule has 2 bridgehead atoms. The summed E-state index contributed by atoms with van der Waals surface area (Å²) in [5.74, 6) is 0.445. The van der Waals surface area contributed by atoms with Gasteiger partial charge in [-0.05, 0) is 38.0 Å². The Balaban J connectivity index is 1.68. The van der Waals surface area contributed by atoms with Gasteiger partial charge in [-0.1, -0.05) is 0 Å². The summed E-state index contributed by atoms with van der Waals surface area (Å²) >= 11 is 0. The van der Waals surface area contributed by atoms with Gasteiger partial charge in [-0.2, -0.15) is 5.26 Å². The average molecular weight is 422 g/mol. The summed E-state index contributed by atoms with van der Waals surface area (Å²) in [6.07, 6.45) is 2.35. The van der Waals surface area contributed by atoms with Crippen molar-refractivity contribution in [2.24, 2.45) is 7.05 Å². The molecule has 10 heteroatoms. The van der Waals surface area contributed by atoms with Crippen LogP contribution in [-0.2, 0) is 7.05 Å². The molecule has 0 unspecified atom stereocenters. The lowest BCUT2D eigenvalue weighted by molar-refractivity contribution is 0.101. The lowest BCUT2D eigenvalue weighted by Crippen LogP contribution is -2.28. The van der Waals surface area contributed by atoms with Crippen molar-refractivity contribution in [2.45, 2.75) is 31.5 Å².